The molecular weight excluding hydrogens is 318 g/mol. The zero-order valence-electron chi connectivity index (χ0n) is 15.9. The van der Waals surface area contributed by atoms with Crippen LogP contribution in [0.1, 0.15) is 72.1 Å². The highest BCUT2D eigenvalue weighted by atomic mass is 16.6. The lowest BCUT2D eigenvalue weighted by Crippen LogP contribution is -2.46. The highest BCUT2D eigenvalue weighted by Gasteiger charge is 2.40. The summed E-state index contributed by atoms with van der Waals surface area (Å²) >= 11 is 0. The van der Waals surface area contributed by atoms with E-state index in [1.54, 1.807) is 6.08 Å². The lowest BCUT2D eigenvalue weighted by Gasteiger charge is -2.30. The molecule has 142 valence electrons. The number of cyclic esters (lactones) is 1. The summed E-state index contributed by atoms with van der Waals surface area (Å²) in [4.78, 5) is 24.3. The normalized spacial score (nSPS) is 26.0. The highest BCUT2D eigenvalue weighted by Crippen LogP contribution is 2.33. The van der Waals surface area contributed by atoms with E-state index in [-0.39, 0.29) is 24.0 Å². The summed E-state index contributed by atoms with van der Waals surface area (Å²) in [7, 11) is 0. The molecule has 2 aliphatic rings. The zero-order chi connectivity index (χ0) is 18.4. The number of allylic oxidation sites excluding steroid dienone is 1. The van der Waals surface area contributed by atoms with Gasteiger partial charge in [-0.2, -0.15) is 0 Å². The van der Waals surface area contributed by atoms with Crippen LogP contribution in [-0.4, -0.2) is 29.8 Å². The number of alkyl carbamates (subject to hydrolysis) is 1. The van der Waals surface area contributed by atoms with Gasteiger partial charge in [0.25, 0.3) is 0 Å². The van der Waals surface area contributed by atoms with Crippen LogP contribution < -0.4 is 5.32 Å². The summed E-state index contributed by atoms with van der Waals surface area (Å²) in [5.41, 5.74) is -0.544. The lowest BCUT2D eigenvalue weighted by molar-refractivity contribution is -0.145. The third-order valence-corrected chi connectivity index (χ3v) is 5.03. The van der Waals surface area contributed by atoms with E-state index in [9.17, 15) is 9.59 Å². The molecule has 1 amide bonds. The molecule has 1 N–H and O–H groups in total. The third-order valence-electron chi connectivity index (χ3n) is 5.03. The van der Waals surface area contributed by atoms with Crippen LogP contribution in [0.3, 0.4) is 0 Å². The number of carbonyl (C=O) groups is 2. The molecule has 0 aromatic carbocycles. The van der Waals surface area contributed by atoms with Crippen molar-refractivity contribution in [2.24, 2.45) is 11.8 Å². The first-order chi connectivity index (χ1) is 11.8. The molecule has 1 aliphatic carbocycles. The number of hydrogen-bond donors (Lipinski definition) is 1. The Morgan fingerprint density at radius 3 is 2.64 bits per heavy atom. The molecule has 1 saturated carbocycles. The fraction of sp³-hybridized carbons (Fsp3) is 0.800. The lowest BCUT2D eigenvalue weighted by atomic mass is 9.83. The Kier molecular flexibility index (Phi) is 6.91. The predicted octanol–water partition coefficient (Wildman–Crippen LogP) is 4.36. The van der Waals surface area contributed by atoms with Gasteiger partial charge in [-0.05, 0) is 46.0 Å². The maximum absolute atomic E-state index is 12.3. The van der Waals surface area contributed by atoms with E-state index in [4.69, 9.17) is 9.47 Å². The van der Waals surface area contributed by atoms with Gasteiger partial charge in [-0.25, -0.2) is 4.79 Å². The molecule has 3 atom stereocenters. The summed E-state index contributed by atoms with van der Waals surface area (Å²) in [6, 6.07) is -0.184. The monoisotopic (exact) mass is 351 g/mol. The Morgan fingerprint density at radius 2 is 2.04 bits per heavy atom. The van der Waals surface area contributed by atoms with E-state index in [0.717, 1.165) is 6.42 Å². The largest absolute Gasteiger partial charge is 0.460 e. The van der Waals surface area contributed by atoms with E-state index >= 15 is 0 Å². The number of nitrogens with one attached hydrogen (secondary N) is 1. The molecule has 2 fully saturated rings. The second-order valence-corrected chi connectivity index (χ2v) is 8.42. The van der Waals surface area contributed by atoms with E-state index in [2.05, 4.69) is 11.9 Å². The molecule has 5 heteroatoms. The van der Waals surface area contributed by atoms with Crippen molar-refractivity contribution in [3.8, 4) is 0 Å². The van der Waals surface area contributed by atoms with Crippen LogP contribution in [0.25, 0.3) is 0 Å². The Morgan fingerprint density at radius 1 is 1.36 bits per heavy atom. The molecule has 0 radical (unpaired) electrons. The van der Waals surface area contributed by atoms with Gasteiger partial charge in [0.1, 0.15) is 11.7 Å². The van der Waals surface area contributed by atoms with Gasteiger partial charge in [-0.3, -0.25) is 4.79 Å². The van der Waals surface area contributed by atoms with Crippen LogP contribution in [0, 0.1) is 11.8 Å². The fourth-order valence-electron chi connectivity index (χ4n) is 3.85. The van der Waals surface area contributed by atoms with E-state index < -0.39 is 11.7 Å². The smallest absolute Gasteiger partial charge is 0.408 e. The number of hydrogen-bond acceptors (Lipinski definition) is 4. The van der Waals surface area contributed by atoms with E-state index in [1.165, 1.54) is 32.1 Å². The first kappa shape index (κ1) is 19.8. The Balaban J connectivity index is 2.02. The third kappa shape index (κ3) is 6.37. The zero-order valence-corrected chi connectivity index (χ0v) is 15.9. The van der Waals surface area contributed by atoms with Crippen molar-refractivity contribution in [1.29, 1.82) is 0 Å². The van der Waals surface area contributed by atoms with Crippen molar-refractivity contribution in [1.82, 2.24) is 5.32 Å². The average molecular weight is 351 g/mol. The second kappa shape index (κ2) is 8.72. The molecule has 3 unspecified atom stereocenters. The predicted molar refractivity (Wildman–Crippen MR) is 97.2 cm³/mol. The maximum Gasteiger partial charge on any atom is 0.408 e. The standard InChI is InChI=1S/C20H33NO4/c1-5-9-15-13-17(24-18(15)22)16(12-14-10-7-6-8-11-14)21-19(23)25-20(2,3)4/h5,14-17H,1,6-13H2,2-4H3,(H,21,23). The molecule has 25 heavy (non-hydrogen) atoms. The molecular formula is C20H33NO4. The minimum Gasteiger partial charge on any atom is -0.460 e. The van der Waals surface area contributed by atoms with Crippen molar-refractivity contribution < 1.29 is 19.1 Å². The molecule has 2 rings (SSSR count). The summed E-state index contributed by atoms with van der Waals surface area (Å²) in [5, 5.41) is 2.98. The number of esters is 1. The van der Waals surface area contributed by atoms with Crippen molar-refractivity contribution >= 4 is 12.1 Å². The number of rotatable bonds is 6. The van der Waals surface area contributed by atoms with Crippen molar-refractivity contribution in [3.05, 3.63) is 12.7 Å². The molecule has 5 nitrogen and oxygen atoms in total. The first-order valence-electron chi connectivity index (χ1n) is 9.59. The van der Waals surface area contributed by atoms with E-state index in [1.807, 2.05) is 20.8 Å². The molecule has 0 aromatic rings. The summed E-state index contributed by atoms with van der Waals surface area (Å²) in [6.07, 6.45) is 9.30. The number of amides is 1. The Bertz CT molecular complexity index is 477. The van der Waals surface area contributed by atoms with Gasteiger partial charge in [0.15, 0.2) is 0 Å². The van der Waals surface area contributed by atoms with Crippen LogP contribution in [0.15, 0.2) is 12.7 Å². The summed E-state index contributed by atoms with van der Waals surface area (Å²) in [5.74, 6) is 0.257. The van der Waals surface area contributed by atoms with Crippen LogP contribution in [-0.2, 0) is 14.3 Å². The second-order valence-electron chi connectivity index (χ2n) is 8.42. The highest BCUT2D eigenvalue weighted by molar-refractivity contribution is 5.75. The maximum atomic E-state index is 12.3. The molecule has 1 saturated heterocycles. The van der Waals surface area contributed by atoms with Gasteiger partial charge < -0.3 is 14.8 Å². The van der Waals surface area contributed by atoms with Crippen LogP contribution in [0.2, 0.25) is 0 Å². The van der Waals surface area contributed by atoms with Crippen LogP contribution in [0.5, 0.6) is 0 Å². The molecule has 1 aliphatic heterocycles. The molecule has 1 heterocycles. The number of ether oxygens (including phenoxy) is 2. The van der Waals surface area contributed by atoms with Gasteiger partial charge in [0.05, 0.1) is 12.0 Å². The quantitative estimate of drug-likeness (QED) is 0.570. The fourth-order valence-corrected chi connectivity index (χ4v) is 3.85. The van der Waals surface area contributed by atoms with Crippen molar-refractivity contribution in [2.45, 2.75) is 89.9 Å². The Hall–Kier alpha value is -1.52. The van der Waals surface area contributed by atoms with Gasteiger partial charge in [0.2, 0.25) is 0 Å². The first-order valence-corrected chi connectivity index (χ1v) is 9.59. The SMILES string of the molecule is C=CCC1CC(C(CC2CCCCC2)NC(=O)OC(C)(C)C)OC1=O. The number of carbonyl (C=O) groups excluding carboxylic acids is 2. The summed E-state index contributed by atoms with van der Waals surface area (Å²) < 4.78 is 11.0. The molecule has 0 aromatic heterocycles. The minimum absolute atomic E-state index is 0.142. The van der Waals surface area contributed by atoms with Gasteiger partial charge in [-0.1, -0.05) is 38.2 Å². The Labute approximate surface area is 151 Å². The molecule has 0 spiro atoms. The van der Waals surface area contributed by atoms with Crippen LogP contribution >= 0.6 is 0 Å². The van der Waals surface area contributed by atoms with Gasteiger partial charge in [0, 0.05) is 0 Å². The minimum atomic E-state index is -0.544. The van der Waals surface area contributed by atoms with Crippen molar-refractivity contribution in [2.75, 3.05) is 0 Å². The molecule has 0 bridgehead atoms. The average Bonchev–Trinajstić information content (AvgIpc) is 2.87. The van der Waals surface area contributed by atoms with E-state index in [0.29, 0.717) is 18.8 Å². The van der Waals surface area contributed by atoms with Gasteiger partial charge >= 0.3 is 12.1 Å². The topological polar surface area (TPSA) is 64.6 Å². The van der Waals surface area contributed by atoms with Crippen LogP contribution in [0.4, 0.5) is 4.79 Å². The van der Waals surface area contributed by atoms with Gasteiger partial charge in [-0.15, -0.1) is 6.58 Å². The van der Waals surface area contributed by atoms with Crippen molar-refractivity contribution in [3.63, 3.8) is 0 Å². The summed E-state index contributed by atoms with van der Waals surface area (Å²) in [6.45, 7) is 9.25.